The maximum absolute atomic E-state index is 10.9. The fourth-order valence-corrected chi connectivity index (χ4v) is 2.39. The van der Waals surface area contributed by atoms with E-state index >= 15 is 0 Å². The average Bonchev–Trinajstić information content (AvgIpc) is 2.73. The Labute approximate surface area is 110 Å². The van der Waals surface area contributed by atoms with E-state index in [2.05, 4.69) is 12.0 Å². The van der Waals surface area contributed by atoms with Gasteiger partial charge in [-0.15, -0.1) is 11.8 Å². The summed E-state index contributed by atoms with van der Waals surface area (Å²) in [4.78, 5) is 12.1. The van der Waals surface area contributed by atoms with Gasteiger partial charge in [0.15, 0.2) is 5.69 Å². The van der Waals surface area contributed by atoms with Crippen molar-refractivity contribution in [2.75, 3.05) is 5.75 Å². The highest BCUT2D eigenvalue weighted by Gasteiger charge is 2.12. The highest BCUT2D eigenvalue weighted by molar-refractivity contribution is 7.99. The number of aryl methyl sites for hydroxylation is 1. The number of carbonyl (C=O) groups is 1. The number of carboxylic acid groups (broad SMARTS) is 1. The van der Waals surface area contributed by atoms with E-state index < -0.39 is 5.97 Å². The quantitative estimate of drug-likeness (QED) is 0.861. The molecular weight excluding hydrogens is 248 g/mol. The van der Waals surface area contributed by atoms with Gasteiger partial charge in [0.05, 0.1) is 5.69 Å². The maximum atomic E-state index is 10.9. The lowest BCUT2D eigenvalue weighted by Crippen LogP contribution is -1.99. The van der Waals surface area contributed by atoms with Crippen molar-refractivity contribution in [3.05, 3.63) is 36.0 Å². The number of hydrogen-bond acceptors (Lipinski definition) is 3. The summed E-state index contributed by atoms with van der Waals surface area (Å²) in [5.74, 6) is 0.0313. The second-order valence-corrected chi connectivity index (χ2v) is 5.14. The highest BCUT2D eigenvalue weighted by Crippen LogP contribution is 2.24. The van der Waals surface area contributed by atoms with E-state index in [9.17, 15) is 4.79 Å². The number of benzene rings is 1. The molecule has 5 heteroatoms. The van der Waals surface area contributed by atoms with Crippen molar-refractivity contribution in [1.29, 1.82) is 0 Å². The number of aromatic carboxylic acids is 1. The number of carboxylic acids is 1. The predicted octanol–water partition coefficient (Wildman–Crippen LogP) is 2.90. The zero-order valence-corrected chi connectivity index (χ0v) is 11.1. The Morgan fingerprint density at radius 2 is 2.06 bits per heavy atom. The molecule has 0 amide bonds. The van der Waals surface area contributed by atoms with Crippen LogP contribution in [0.5, 0.6) is 0 Å². The number of hydrogen-bond donors (Lipinski definition) is 1. The lowest BCUT2D eigenvalue weighted by atomic mass is 10.1. The van der Waals surface area contributed by atoms with Crippen LogP contribution in [0.1, 0.15) is 17.4 Å². The second kappa shape index (κ2) is 5.27. The first-order valence-corrected chi connectivity index (χ1v) is 6.61. The molecule has 0 unspecified atom stereocenters. The number of nitrogens with zero attached hydrogens (tertiary/aromatic N) is 2. The molecule has 1 N–H and O–H groups in total. The van der Waals surface area contributed by atoms with Gasteiger partial charge in [-0.05, 0) is 29.5 Å². The normalized spacial score (nSPS) is 10.6. The molecule has 0 aliphatic heterocycles. The minimum absolute atomic E-state index is 0.0690. The fraction of sp³-hybridized carbons (Fsp3) is 0.231. The van der Waals surface area contributed by atoms with Crippen LogP contribution in [0.4, 0.5) is 0 Å². The van der Waals surface area contributed by atoms with E-state index in [-0.39, 0.29) is 5.69 Å². The minimum Gasteiger partial charge on any atom is -0.476 e. The predicted molar refractivity (Wildman–Crippen MR) is 72.0 cm³/mol. The Kier molecular flexibility index (Phi) is 3.72. The van der Waals surface area contributed by atoms with Crippen molar-refractivity contribution >= 4 is 17.7 Å². The van der Waals surface area contributed by atoms with Crippen molar-refractivity contribution in [3.63, 3.8) is 0 Å². The summed E-state index contributed by atoms with van der Waals surface area (Å²) < 4.78 is 1.59. The van der Waals surface area contributed by atoms with E-state index in [0.29, 0.717) is 0 Å². The van der Waals surface area contributed by atoms with Crippen LogP contribution in [0.15, 0.2) is 35.2 Å². The summed E-state index contributed by atoms with van der Waals surface area (Å²) in [6.45, 7) is 2.11. The van der Waals surface area contributed by atoms with E-state index in [4.69, 9.17) is 5.11 Å². The Bertz CT molecular complexity index is 561. The smallest absolute Gasteiger partial charge is 0.356 e. The van der Waals surface area contributed by atoms with Crippen molar-refractivity contribution < 1.29 is 9.90 Å². The van der Waals surface area contributed by atoms with Crippen molar-refractivity contribution in [3.8, 4) is 11.3 Å². The van der Waals surface area contributed by atoms with Gasteiger partial charge < -0.3 is 5.11 Å². The van der Waals surface area contributed by atoms with E-state index in [1.54, 1.807) is 29.6 Å². The van der Waals surface area contributed by atoms with Crippen LogP contribution in [0.25, 0.3) is 11.3 Å². The van der Waals surface area contributed by atoms with Gasteiger partial charge in [-0.25, -0.2) is 4.79 Å². The second-order valence-electron chi connectivity index (χ2n) is 3.80. The van der Waals surface area contributed by atoms with Gasteiger partial charge in [-0.2, -0.15) is 5.10 Å². The lowest BCUT2D eigenvalue weighted by Gasteiger charge is -2.03. The van der Waals surface area contributed by atoms with Crippen LogP contribution in [0.3, 0.4) is 0 Å². The molecule has 2 rings (SSSR count). The van der Waals surface area contributed by atoms with E-state index in [1.165, 1.54) is 4.90 Å². The molecule has 18 heavy (non-hydrogen) atoms. The molecule has 0 aliphatic rings. The van der Waals surface area contributed by atoms with Gasteiger partial charge >= 0.3 is 5.97 Å². The Balaban J connectivity index is 2.33. The topological polar surface area (TPSA) is 55.1 Å². The molecule has 0 saturated carbocycles. The monoisotopic (exact) mass is 262 g/mol. The van der Waals surface area contributed by atoms with Gasteiger partial charge in [-0.1, -0.05) is 19.1 Å². The molecule has 4 nitrogen and oxygen atoms in total. The highest BCUT2D eigenvalue weighted by atomic mass is 32.2. The molecule has 0 saturated heterocycles. The zero-order valence-electron chi connectivity index (χ0n) is 10.3. The molecule has 0 bridgehead atoms. The van der Waals surface area contributed by atoms with Crippen LogP contribution in [0, 0.1) is 0 Å². The number of rotatable bonds is 4. The largest absolute Gasteiger partial charge is 0.476 e. The van der Waals surface area contributed by atoms with Crippen LogP contribution < -0.4 is 0 Å². The van der Waals surface area contributed by atoms with E-state index in [1.807, 2.05) is 24.3 Å². The van der Waals surface area contributed by atoms with Gasteiger partial charge in [0.2, 0.25) is 0 Å². The standard InChI is InChI=1S/C13H14N2O2S/c1-3-18-10-6-4-9(5-7-10)12-8-11(13(16)17)14-15(12)2/h4-8H,3H2,1-2H3,(H,16,17). The molecular formula is C13H14N2O2S. The third-order valence-corrected chi connectivity index (χ3v) is 3.45. The van der Waals surface area contributed by atoms with Crippen molar-refractivity contribution in [2.24, 2.45) is 7.05 Å². The van der Waals surface area contributed by atoms with Gasteiger partial charge in [0.25, 0.3) is 0 Å². The zero-order chi connectivity index (χ0) is 13.1. The maximum Gasteiger partial charge on any atom is 0.356 e. The minimum atomic E-state index is -1.00. The molecule has 1 heterocycles. The summed E-state index contributed by atoms with van der Waals surface area (Å²) in [5, 5.41) is 12.9. The first kappa shape index (κ1) is 12.7. The number of thioether (sulfide) groups is 1. The summed E-state index contributed by atoms with van der Waals surface area (Å²) in [6.07, 6.45) is 0. The van der Waals surface area contributed by atoms with Gasteiger partial charge in [0.1, 0.15) is 0 Å². The SMILES string of the molecule is CCSc1ccc(-c2cc(C(=O)O)nn2C)cc1. The molecule has 1 aromatic heterocycles. The average molecular weight is 262 g/mol. The molecule has 94 valence electrons. The Morgan fingerprint density at radius 1 is 1.39 bits per heavy atom. The fourth-order valence-electron chi connectivity index (χ4n) is 1.73. The van der Waals surface area contributed by atoms with Crippen LogP contribution >= 0.6 is 11.8 Å². The molecule has 0 atom stereocenters. The first-order valence-electron chi connectivity index (χ1n) is 5.62. The molecule has 0 aliphatic carbocycles. The van der Waals surface area contributed by atoms with Crippen molar-refractivity contribution in [2.45, 2.75) is 11.8 Å². The molecule has 0 radical (unpaired) electrons. The van der Waals surface area contributed by atoms with Gasteiger partial charge in [0, 0.05) is 11.9 Å². The first-order chi connectivity index (χ1) is 8.61. The van der Waals surface area contributed by atoms with Crippen LogP contribution in [-0.2, 0) is 7.05 Å². The molecule has 2 aromatic rings. The third-order valence-electron chi connectivity index (χ3n) is 2.56. The van der Waals surface area contributed by atoms with E-state index in [0.717, 1.165) is 17.0 Å². The third kappa shape index (κ3) is 2.56. The van der Waals surface area contributed by atoms with Gasteiger partial charge in [-0.3, -0.25) is 4.68 Å². The van der Waals surface area contributed by atoms with Crippen LogP contribution in [-0.4, -0.2) is 26.6 Å². The summed E-state index contributed by atoms with van der Waals surface area (Å²) in [7, 11) is 1.75. The number of aromatic nitrogens is 2. The Morgan fingerprint density at radius 3 is 2.56 bits per heavy atom. The molecule has 0 spiro atoms. The molecule has 1 aromatic carbocycles. The summed E-state index contributed by atoms with van der Waals surface area (Å²) >= 11 is 1.78. The Hall–Kier alpha value is -1.75. The summed E-state index contributed by atoms with van der Waals surface area (Å²) in [6, 6.07) is 9.64. The van der Waals surface area contributed by atoms with Crippen LogP contribution in [0.2, 0.25) is 0 Å². The van der Waals surface area contributed by atoms with Crippen molar-refractivity contribution in [1.82, 2.24) is 9.78 Å². The molecule has 0 fully saturated rings. The lowest BCUT2D eigenvalue weighted by molar-refractivity contribution is 0.0689. The summed E-state index contributed by atoms with van der Waals surface area (Å²) in [5.41, 5.74) is 1.85.